The molecule has 0 aromatic heterocycles. The molecule has 0 aliphatic heterocycles. The number of carbonyl (C=O) groups is 2. The zero-order valence-electron chi connectivity index (χ0n) is 7.59. The molecule has 0 aliphatic carbocycles. The zero-order chi connectivity index (χ0) is 9.70. The van der Waals surface area contributed by atoms with Crippen LogP contribution in [0.1, 0.15) is 33.6 Å². The summed E-state index contributed by atoms with van der Waals surface area (Å²) < 4.78 is 0. The van der Waals surface area contributed by atoms with Gasteiger partial charge in [0.2, 0.25) is 0 Å². The van der Waals surface area contributed by atoms with Crippen LogP contribution in [0.2, 0.25) is 0 Å². The SMILES string of the molecule is C=O.CCCC(C)=O.CCO. The molecule has 1 N–H and O–H groups in total. The smallest absolute Gasteiger partial charge is 0.129 e. The van der Waals surface area contributed by atoms with E-state index in [4.69, 9.17) is 9.90 Å². The van der Waals surface area contributed by atoms with Gasteiger partial charge in [0.1, 0.15) is 12.6 Å². The molecule has 0 atom stereocenters. The Hall–Kier alpha value is -0.700. The zero-order valence-corrected chi connectivity index (χ0v) is 7.59. The monoisotopic (exact) mass is 162 g/mol. The van der Waals surface area contributed by atoms with E-state index in [9.17, 15) is 4.79 Å². The number of ketones is 1. The van der Waals surface area contributed by atoms with Gasteiger partial charge in [-0.2, -0.15) is 0 Å². The maximum Gasteiger partial charge on any atom is 0.129 e. The maximum absolute atomic E-state index is 10.0. The average Bonchev–Trinajstić information content (AvgIpc) is 1.93. The predicted molar refractivity (Wildman–Crippen MR) is 45.5 cm³/mol. The molecular weight excluding hydrogens is 144 g/mol. The van der Waals surface area contributed by atoms with Crippen LogP contribution in [0.4, 0.5) is 0 Å². The molecule has 0 aromatic carbocycles. The van der Waals surface area contributed by atoms with Gasteiger partial charge >= 0.3 is 0 Å². The summed E-state index contributed by atoms with van der Waals surface area (Å²) in [4.78, 5) is 18.0. The summed E-state index contributed by atoms with van der Waals surface area (Å²) >= 11 is 0. The number of hydrogen-bond donors (Lipinski definition) is 1. The van der Waals surface area contributed by atoms with Crippen molar-refractivity contribution >= 4 is 12.6 Å². The Bertz CT molecular complexity index is 71.7. The van der Waals surface area contributed by atoms with Gasteiger partial charge in [-0.15, -0.1) is 0 Å². The van der Waals surface area contributed by atoms with E-state index in [0.29, 0.717) is 0 Å². The van der Waals surface area contributed by atoms with E-state index in [1.165, 1.54) is 0 Å². The lowest BCUT2D eigenvalue weighted by Crippen LogP contribution is -1.84. The van der Waals surface area contributed by atoms with Crippen molar-refractivity contribution < 1.29 is 14.7 Å². The van der Waals surface area contributed by atoms with E-state index in [0.717, 1.165) is 12.8 Å². The van der Waals surface area contributed by atoms with Crippen LogP contribution in [-0.4, -0.2) is 24.3 Å². The molecular formula is C8H18O3. The summed E-state index contributed by atoms with van der Waals surface area (Å²) in [6.07, 6.45) is 1.72. The molecule has 0 unspecified atom stereocenters. The fourth-order valence-corrected chi connectivity index (χ4v) is 0.352. The van der Waals surface area contributed by atoms with Crippen LogP contribution in [0.5, 0.6) is 0 Å². The first-order chi connectivity index (χ1) is 5.18. The van der Waals surface area contributed by atoms with Crippen LogP contribution in [0.3, 0.4) is 0 Å². The normalized spacial score (nSPS) is 6.55. The molecule has 11 heavy (non-hydrogen) atoms. The number of rotatable bonds is 2. The highest BCUT2D eigenvalue weighted by Crippen LogP contribution is 1.84. The second-order valence-electron chi connectivity index (χ2n) is 1.77. The topological polar surface area (TPSA) is 54.4 Å². The van der Waals surface area contributed by atoms with Crippen molar-refractivity contribution in [3.05, 3.63) is 0 Å². The van der Waals surface area contributed by atoms with E-state index in [2.05, 4.69) is 0 Å². The number of aliphatic hydroxyl groups is 1. The van der Waals surface area contributed by atoms with Crippen LogP contribution >= 0.6 is 0 Å². The Morgan fingerprint density at radius 2 is 1.64 bits per heavy atom. The molecule has 0 rings (SSSR count). The van der Waals surface area contributed by atoms with Gasteiger partial charge in [0.05, 0.1) is 0 Å². The van der Waals surface area contributed by atoms with Crippen molar-refractivity contribution in [1.82, 2.24) is 0 Å². The third kappa shape index (κ3) is 93.7. The van der Waals surface area contributed by atoms with Gasteiger partial charge in [-0.25, -0.2) is 0 Å². The Morgan fingerprint density at radius 1 is 1.36 bits per heavy atom. The molecule has 0 aromatic rings. The van der Waals surface area contributed by atoms with Gasteiger partial charge in [-0.1, -0.05) is 6.92 Å². The summed E-state index contributed by atoms with van der Waals surface area (Å²) in [5.74, 6) is 0.289. The van der Waals surface area contributed by atoms with Gasteiger partial charge in [0.25, 0.3) is 0 Å². The number of Topliss-reactive ketones (excluding diaryl/α,β-unsaturated/α-hetero) is 1. The first-order valence-electron chi connectivity index (χ1n) is 3.58. The van der Waals surface area contributed by atoms with Crippen LogP contribution in [0, 0.1) is 0 Å². The Labute approximate surface area is 68.4 Å². The lowest BCUT2D eigenvalue weighted by molar-refractivity contribution is -0.117. The minimum atomic E-state index is 0.250. The first kappa shape index (κ1) is 16.7. The molecule has 0 saturated heterocycles. The lowest BCUT2D eigenvalue weighted by atomic mass is 10.3. The highest BCUT2D eigenvalue weighted by Gasteiger charge is 1.83. The molecule has 0 bridgehead atoms. The summed E-state index contributed by atoms with van der Waals surface area (Å²) in [6.45, 7) is 7.55. The molecule has 0 spiro atoms. The number of aliphatic hydroxyl groups excluding tert-OH is 1. The Morgan fingerprint density at radius 3 is 1.64 bits per heavy atom. The quantitative estimate of drug-likeness (QED) is 0.663. The molecule has 3 nitrogen and oxygen atoms in total. The van der Waals surface area contributed by atoms with Gasteiger partial charge < -0.3 is 14.7 Å². The van der Waals surface area contributed by atoms with Crippen molar-refractivity contribution in [2.24, 2.45) is 0 Å². The number of hydrogen-bond acceptors (Lipinski definition) is 3. The fourth-order valence-electron chi connectivity index (χ4n) is 0.352. The van der Waals surface area contributed by atoms with Crippen molar-refractivity contribution in [3.8, 4) is 0 Å². The second-order valence-corrected chi connectivity index (χ2v) is 1.77. The van der Waals surface area contributed by atoms with E-state index in [1.807, 2.05) is 13.7 Å². The van der Waals surface area contributed by atoms with Gasteiger partial charge in [0, 0.05) is 13.0 Å². The van der Waals surface area contributed by atoms with Gasteiger partial charge in [0.15, 0.2) is 0 Å². The van der Waals surface area contributed by atoms with Crippen LogP contribution < -0.4 is 0 Å². The molecule has 0 aliphatic rings. The summed E-state index contributed by atoms with van der Waals surface area (Å²) in [7, 11) is 0. The minimum Gasteiger partial charge on any atom is -0.397 e. The molecule has 0 saturated carbocycles. The molecule has 3 heteroatoms. The maximum atomic E-state index is 10.0. The standard InChI is InChI=1S/C5H10O.C2H6O.CH2O/c1-3-4-5(2)6;1-2-3;1-2/h3-4H2,1-2H3;3H,2H2,1H3;1H2. The predicted octanol–water partition coefficient (Wildman–Crippen LogP) is 1.19. The van der Waals surface area contributed by atoms with Crippen molar-refractivity contribution in [2.75, 3.05) is 6.61 Å². The molecule has 68 valence electrons. The van der Waals surface area contributed by atoms with Crippen molar-refractivity contribution in [1.29, 1.82) is 0 Å². The summed E-state index contributed by atoms with van der Waals surface area (Å²) in [5.41, 5.74) is 0. The summed E-state index contributed by atoms with van der Waals surface area (Å²) in [5, 5.41) is 7.57. The highest BCUT2D eigenvalue weighted by atomic mass is 16.2. The third-order valence-corrected chi connectivity index (χ3v) is 0.602. The Kier molecular flexibility index (Phi) is 34.7. The molecule has 0 fully saturated rings. The van der Waals surface area contributed by atoms with Crippen LogP contribution in [0.15, 0.2) is 0 Å². The molecule has 0 heterocycles. The van der Waals surface area contributed by atoms with Crippen molar-refractivity contribution in [2.45, 2.75) is 33.6 Å². The second kappa shape index (κ2) is 22.8. The molecule has 0 radical (unpaired) electrons. The average molecular weight is 162 g/mol. The Balaban J connectivity index is -0.000000109. The van der Waals surface area contributed by atoms with E-state index in [1.54, 1.807) is 13.8 Å². The largest absolute Gasteiger partial charge is 0.397 e. The van der Waals surface area contributed by atoms with E-state index < -0.39 is 0 Å². The van der Waals surface area contributed by atoms with Gasteiger partial charge in [-0.3, -0.25) is 0 Å². The first-order valence-corrected chi connectivity index (χ1v) is 3.58. The van der Waals surface area contributed by atoms with E-state index in [-0.39, 0.29) is 12.4 Å². The number of carbonyl (C=O) groups excluding carboxylic acids is 2. The highest BCUT2D eigenvalue weighted by molar-refractivity contribution is 5.75. The third-order valence-electron chi connectivity index (χ3n) is 0.602. The lowest BCUT2D eigenvalue weighted by Gasteiger charge is -1.80. The minimum absolute atomic E-state index is 0.250. The van der Waals surface area contributed by atoms with E-state index >= 15 is 0 Å². The van der Waals surface area contributed by atoms with Crippen LogP contribution in [-0.2, 0) is 9.59 Å². The van der Waals surface area contributed by atoms with Gasteiger partial charge in [-0.05, 0) is 20.3 Å². The van der Waals surface area contributed by atoms with Crippen LogP contribution in [0.25, 0.3) is 0 Å². The summed E-state index contributed by atoms with van der Waals surface area (Å²) in [6, 6.07) is 0. The van der Waals surface area contributed by atoms with Crippen molar-refractivity contribution in [3.63, 3.8) is 0 Å². The molecule has 0 amide bonds. The fraction of sp³-hybridized carbons (Fsp3) is 0.750.